The highest BCUT2D eigenvalue weighted by atomic mass is 16.5. The van der Waals surface area contributed by atoms with Crippen molar-refractivity contribution in [2.75, 3.05) is 7.11 Å². The van der Waals surface area contributed by atoms with Gasteiger partial charge in [-0.25, -0.2) is 4.98 Å². The smallest absolute Gasteiger partial charge is 0.212 e. The van der Waals surface area contributed by atoms with E-state index < -0.39 is 0 Å². The van der Waals surface area contributed by atoms with Crippen LogP contribution in [0.5, 0.6) is 5.88 Å². The molecule has 0 unspecified atom stereocenters. The molecular weight excluding hydrogens is 202 g/mol. The summed E-state index contributed by atoms with van der Waals surface area (Å²) < 4.78 is 4.98. The zero-order valence-electron chi connectivity index (χ0n) is 8.88. The first-order valence-corrected chi connectivity index (χ1v) is 4.89. The van der Waals surface area contributed by atoms with Crippen molar-refractivity contribution in [3.8, 4) is 17.0 Å². The topological polar surface area (TPSA) is 39.2 Å². The minimum atomic E-state index is 0.591. The number of aromatic nitrogens is 1. The van der Waals surface area contributed by atoms with E-state index in [2.05, 4.69) is 4.98 Å². The van der Waals surface area contributed by atoms with Crippen molar-refractivity contribution >= 4 is 6.29 Å². The molecule has 0 radical (unpaired) electrons. The number of rotatable bonds is 3. The third kappa shape index (κ3) is 2.08. The highest BCUT2D eigenvalue weighted by Crippen LogP contribution is 2.20. The molecule has 0 amide bonds. The third-order valence-corrected chi connectivity index (χ3v) is 2.33. The zero-order chi connectivity index (χ0) is 11.4. The molecule has 1 aromatic heterocycles. The van der Waals surface area contributed by atoms with Crippen LogP contribution in [0, 0.1) is 0 Å². The molecule has 0 saturated carbocycles. The molecule has 0 aliphatic rings. The molecule has 0 aliphatic carbocycles. The van der Waals surface area contributed by atoms with E-state index in [0.29, 0.717) is 11.4 Å². The van der Waals surface area contributed by atoms with Crippen LogP contribution < -0.4 is 4.74 Å². The number of hydrogen-bond donors (Lipinski definition) is 0. The Kier molecular flexibility index (Phi) is 2.96. The van der Waals surface area contributed by atoms with E-state index in [4.69, 9.17) is 4.74 Å². The molecule has 0 N–H and O–H groups in total. The number of pyridine rings is 1. The lowest BCUT2D eigenvalue weighted by atomic mass is 10.1. The van der Waals surface area contributed by atoms with Gasteiger partial charge >= 0.3 is 0 Å². The molecule has 0 bridgehead atoms. The van der Waals surface area contributed by atoms with E-state index in [9.17, 15) is 4.79 Å². The van der Waals surface area contributed by atoms with Gasteiger partial charge in [-0.05, 0) is 11.6 Å². The maximum absolute atomic E-state index is 10.5. The van der Waals surface area contributed by atoms with Crippen molar-refractivity contribution in [3.05, 3.63) is 48.2 Å². The van der Waals surface area contributed by atoms with E-state index >= 15 is 0 Å². The van der Waals surface area contributed by atoms with Crippen molar-refractivity contribution in [1.82, 2.24) is 4.98 Å². The second-order valence-corrected chi connectivity index (χ2v) is 3.33. The fraction of sp³-hybridized carbons (Fsp3) is 0.0769. The Morgan fingerprint density at radius 1 is 1.06 bits per heavy atom. The summed E-state index contributed by atoms with van der Waals surface area (Å²) in [6.07, 6.45) is 2.57. The standard InChI is InChI=1S/C13H11NO2/c1-16-13-7-6-12(8-14-13)11-4-2-10(9-15)3-5-11/h2-9H,1H3. The first kappa shape index (κ1) is 10.4. The highest BCUT2D eigenvalue weighted by molar-refractivity contribution is 5.76. The summed E-state index contributed by atoms with van der Waals surface area (Å²) in [4.78, 5) is 14.6. The number of carbonyl (C=O) groups is 1. The van der Waals surface area contributed by atoms with Gasteiger partial charge < -0.3 is 4.74 Å². The van der Waals surface area contributed by atoms with Crippen molar-refractivity contribution in [3.63, 3.8) is 0 Å². The Labute approximate surface area is 93.7 Å². The summed E-state index contributed by atoms with van der Waals surface area (Å²) in [5.74, 6) is 0.591. The lowest BCUT2D eigenvalue weighted by Gasteiger charge is -2.02. The molecule has 80 valence electrons. The Hall–Kier alpha value is -2.16. The predicted octanol–water partition coefficient (Wildman–Crippen LogP) is 2.57. The third-order valence-electron chi connectivity index (χ3n) is 2.33. The average Bonchev–Trinajstić information content (AvgIpc) is 2.39. The van der Waals surface area contributed by atoms with E-state index in [0.717, 1.165) is 17.4 Å². The fourth-order valence-electron chi connectivity index (χ4n) is 1.43. The van der Waals surface area contributed by atoms with Crippen molar-refractivity contribution in [2.24, 2.45) is 0 Å². The summed E-state index contributed by atoms with van der Waals surface area (Å²) in [5.41, 5.74) is 2.70. The molecule has 3 nitrogen and oxygen atoms in total. The second-order valence-electron chi connectivity index (χ2n) is 3.33. The average molecular weight is 213 g/mol. The number of methoxy groups -OCH3 is 1. The first-order valence-electron chi connectivity index (χ1n) is 4.89. The normalized spacial score (nSPS) is 9.81. The van der Waals surface area contributed by atoms with Crippen LogP contribution in [0.1, 0.15) is 10.4 Å². The van der Waals surface area contributed by atoms with Gasteiger partial charge in [0.1, 0.15) is 6.29 Å². The van der Waals surface area contributed by atoms with Crippen LogP contribution in [0.25, 0.3) is 11.1 Å². The quantitative estimate of drug-likeness (QED) is 0.735. The number of aldehydes is 1. The molecule has 0 spiro atoms. The van der Waals surface area contributed by atoms with E-state index in [1.807, 2.05) is 24.3 Å². The van der Waals surface area contributed by atoms with Gasteiger partial charge in [-0.3, -0.25) is 4.79 Å². The van der Waals surface area contributed by atoms with Crippen LogP contribution in [0.15, 0.2) is 42.6 Å². The van der Waals surface area contributed by atoms with Crippen LogP contribution >= 0.6 is 0 Å². The number of hydrogen-bond acceptors (Lipinski definition) is 3. The number of carbonyl (C=O) groups excluding carboxylic acids is 1. The molecule has 2 rings (SSSR count). The number of nitrogens with zero attached hydrogens (tertiary/aromatic N) is 1. The minimum absolute atomic E-state index is 0.591. The Morgan fingerprint density at radius 3 is 2.25 bits per heavy atom. The maximum atomic E-state index is 10.5. The van der Waals surface area contributed by atoms with Crippen LogP contribution in [0.3, 0.4) is 0 Å². The Morgan fingerprint density at radius 2 is 1.75 bits per heavy atom. The monoisotopic (exact) mass is 213 g/mol. The van der Waals surface area contributed by atoms with Gasteiger partial charge in [0.25, 0.3) is 0 Å². The van der Waals surface area contributed by atoms with Gasteiger partial charge in [0.2, 0.25) is 5.88 Å². The highest BCUT2D eigenvalue weighted by Gasteiger charge is 1.99. The Balaban J connectivity index is 2.31. The predicted molar refractivity (Wildman–Crippen MR) is 61.6 cm³/mol. The molecule has 1 aromatic carbocycles. The molecule has 0 atom stereocenters. The molecule has 1 heterocycles. The van der Waals surface area contributed by atoms with Crippen LogP contribution in [0.4, 0.5) is 0 Å². The Bertz CT molecular complexity index is 474. The summed E-state index contributed by atoms with van der Waals surface area (Å²) >= 11 is 0. The number of ether oxygens (including phenoxy) is 1. The van der Waals surface area contributed by atoms with Crippen molar-refractivity contribution < 1.29 is 9.53 Å². The SMILES string of the molecule is COc1ccc(-c2ccc(C=O)cc2)cn1. The van der Waals surface area contributed by atoms with Gasteiger partial charge in [0.05, 0.1) is 7.11 Å². The van der Waals surface area contributed by atoms with Crippen LogP contribution in [-0.4, -0.2) is 18.4 Å². The lowest BCUT2D eigenvalue weighted by molar-refractivity contribution is 0.112. The maximum Gasteiger partial charge on any atom is 0.212 e. The lowest BCUT2D eigenvalue weighted by Crippen LogP contribution is -1.87. The molecule has 16 heavy (non-hydrogen) atoms. The molecular formula is C13H11NO2. The molecule has 3 heteroatoms. The number of benzene rings is 1. The van der Waals surface area contributed by atoms with E-state index in [1.165, 1.54) is 0 Å². The molecule has 0 saturated heterocycles. The van der Waals surface area contributed by atoms with E-state index in [1.54, 1.807) is 25.4 Å². The summed E-state index contributed by atoms with van der Waals surface area (Å²) in [5, 5.41) is 0. The van der Waals surface area contributed by atoms with Crippen LogP contribution in [0.2, 0.25) is 0 Å². The van der Waals surface area contributed by atoms with Gasteiger partial charge in [-0.1, -0.05) is 24.3 Å². The minimum Gasteiger partial charge on any atom is -0.481 e. The first-order chi connectivity index (χ1) is 7.83. The van der Waals surface area contributed by atoms with E-state index in [-0.39, 0.29) is 0 Å². The van der Waals surface area contributed by atoms with Crippen molar-refractivity contribution in [1.29, 1.82) is 0 Å². The summed E-state index contributed by atoms with van der Waals surface area (Å²) in [6, 6.07) is 11.1. The van der Waals surface area contributed by atoms with Crippen molar-refractivity contribution in [2.45, 2.75) is 0 Å². The summed E-state index contributed by atoms with van der Waals surface area (Å²) in [7, 11) is 1.58. The van der Waals surface area contributed by atoms with Gasteiger partial charge in [0.15, 0.2) is 0 Å². The molecule has 0 fully saturated rings. The van der Waals surface area contributed by atoms with Crippen LogP contribution in [-0.2, 0) is 0 Å². The van der Waals surface area contributed by atoms with Gasteiger partial charge in [0, 0.05) is 23.4 Å². The van der Waals surface area contributed by atoms with Gasteiger partial charge in [-0.15, -0.1) is 0 Å². The molecule has 0 aliphatic heterocycles. The zero-order valence-corrected chi connectivity index (χ0v) is 8.88. The fourth-order valence-corrected chi connectivity index (χ4v) is 1.43. The summed E-state index contributed by atoms with van der Waals surface area (Å²) in [6.45, 7) is 0. The second kappa shape index (κ2) is 4.57. The molecule has 2 aromatic rings. The largest absolute Gasteiger partial charge is 0.481 e. The van der Waals surface area contributed by atoms with Gasteiger partial charge in [-0.2, -0.15) is 0 Å².